The van der Waals surface area contributed by atoms with Crippen LogP contribution in [0.5, 0.6) is 11.5 Å². The number of carbonyl (C=O) groups is 1. The number of hydrogen-bond acceptors (Lipinski definition) is 7. The molecule has 2 aliphatic rings. The Bertz CT molecular complexity index is 1180. The van der Waals surface area contributed by atoms with Crippen molar-refractivity contribution < 1.29 is 23.4 Å². The van der Waals surface area contributed by atoms with Gasteiger partial charge in [0.1, 0.15) is 12.4 Å². The lowest BCUT2D eigenvalue weighted by Crippen LogP contribution is -2.34. The molecule has 0 spiro atoms. The number of esters is 1. The molecule has 0 N–H and O–H groups in total. The van der Waals surface area contributed by atoms with Crippen molar-refractivity contribution in [1.29, 1.82) is 0 Å². The fraction of sp³-hybridized carbons (Fsp3) is 0.250. The average Bonchev–Trinajstić information content (AvgIpc) is 3.25. The number of methoxy groups -OCH3 is 1. The molecule has 172 valence electrons. The van der Waals surface area contributed by atoms with Crippen molar-refractivity contribution in [3.63, 3.8) is 0 Å². The molecule has 0 saturated carbocycles. The number of carbonyl (C=O) groups excluding carboxylic acids is 1. The third-order valence-corrected chi connectivity index (χ3v) is 6.52. The second-order valence-corrected chi connectivity index (χ2v) is 9.01. The van der Waals surface area contributed by atoms with Gasteiger partial charge in [0, 0.05) is 6.20 Å². The fourth-order valence-electron chi connectivity index (χ4n) is 3.72. The molecule has 0 saturated heterocycles. The SMILES string of the molecule is CCOC(=O)C1=C(C)N=C2SC=CN2[C@@H]1c1cc(Br)c(OCc2cccc(F)c2)c(OC)c1. The second kappa shape index (κ2) is 10.0. The standard InChI is InChI=1S/C24H22BrFN2O4S/c1-4-31-23(29)20-14(2)27-24-28(8-9-33-24)21(20)16-11-18(25)22(19(12-16)30-3)32-13-15-6-5-7-17(26)10-15/h5-12,21H,4,13H2,1-3H3/t21-/m1/s1. The number of thioether (sulfide) groups is 1. The summed E-state index contributed by atoms with van der Waals surface area (Å²) in [6.45, 7) is 4.02. The topological polar surface area (TPSA) is 60.4 Å². The van der Waals surface area contributed by atoms with Gasteiger partial charge in [-0.15, -0.1) is 0 Å². The third kappa shape index (κ3) is 4.79. The van der Waals surface area contributed by atoms with E-state index in [0.29, 0.717) is 32.8 Å². The summed E-state index contributed by atoms with van der Waals surface area (Å²) >= 11 is 5.08. The quantitative estimate of drug-likeness (QED) is 0.411. The molecular formula is C24H22BrFN2O4S. The van der Waals surface area contributed by atoms with Crippen LogP contribution in [0.3, 0.4) is 0 Å². The van der Waals surface area contributed by atoms with E-state index < -0.39 is 12.0 Å². The first-order valence-electron chi connectivity index (χ1n) is 10.3. The van der Waals surface area contributed by atoms with Gasteiger partial charge in [0.05, 0.1) is 35.5 Å². The van der Waals surface area contributed by atoms with Crippen LogP contribution < -0.4 is 9.47 Å². The summed E-state index contributed by atoms with van der Waals surface area (Å²) in [5.74, 6) is 0.239. The van der Waals surface area contributed by atoms with Crippen molar-refractivity contribution >= 4 is 38.8 Å². The number of rotatable bonds is 7. The zero-order chi connectivity index (χ0) is 23.5. The van der Waals surface area contributed by atoms with Gasteiger partial charge in [-0.3, -0.25) is 0 Å². The van der Waals surface area contributed by atoms with E-state index in [1.807, 2.05) is 35.6 Å². The van der Waals surface area contributed by atoms with Crippen molar-refractivity contribution in [3.8, 4) is 11.5 Å². The highest BCUT2D eigenvalue weighted by Crippen LogP contribution is 2.45. The first-order valence-corrected chi connectivity index (χ1v) is 11.9. The predicted octanol–water partition coefficient (Wildman–Crippen LogP) is 5.94. The van der Waals surface area contributed by atoms with Crippen LogP contribution in [-0.4, -0.2) is 29.8 Å². The van der Waals surface area contributed by atoms with Crippen molar-refractivity contribution in [1.82, 2.24) is 4.90 Å². The molecule has 0 aliphatic carbocycles. The highest BCUT2D eigenvalue weighted by atomic mass is 79.9. The Hall–Kier alpha value is -2.78. The lowest BCUT2D eigenvalue weighted by atomic mass is 9.94. The van der Waals surface area contributed by atoms with Gasteiger partial charge in [-0.25, -0.2) is 14.2 Å². The van der Waals surface area contributed by atoms with Crippen LogP contribution in [0.2, 0.25) is 0 Å². The van der Waals surface area contributed by atoms with Gasteiger partial charge >= 0.3 is 5.97 Å². The maximum absolute atomic E-state index is 13.5. The molecule has 0 radical (unpaired) electrons. The first kappa shape index (κ1) is 23.4. The second-order valence-electron chi connectivity index (χ2n) is 7.28. The fourth-order valence-corrected chi connectivity index (χ4v) is 5.08. The molecule has 0 amide bonds. The Morgan fingerprint density at radius 2 is 2.12 bits per heavy atom. The van der Waals surface area contributed by atoms with Crippen LogP contribution >= 0.6 is 27.7 Å². The molecule has 0 fully saturated rings. The molecule has 0 unspecified atom stereocenters. The van der Waals surface area contributed by atoms with Gasteiger partial charge in [-0.2, -0.15) is 0 Å². The van der Waals surface area contributed by atoms with Gasteiger partial charge in [0.2, 0.25) is 0 Å². The highest BCUT2D eigenvalue weighted by Gasteiger charge is 2.38. The van der Waals surface area contributed by atoms with Crippen LogP contribution in [0.1, 0.15) is 31.0 Å². The molecule has 2 heterocycles. The Morgan fingerprint density at radius 1 is 1.30 bits per heavy atom. The number of fused-ring (bicyclic) bond motifs is 1. The Morgan fingerprint density at radius 3 is 2.85 bits per heavy atom. The summed E-state index contributed by atoms with van der Waals surface area (Å²) in [6.07, 6.45) is 1.90. The number of hydrogen-bond donors (Lipinski definition) is 0. The predicted molar refractivity (Wildman–Crippen MR) is 130 cm³/mol. The Kier molecular flexibility index (Phi) is 7.09. The third-order valence-electron chi connectivity index (χ3n) is 5.16. The van der Waals surface area contributed by atoms with Crippen molar-refractivity contribution in [2.45, 2.75) is 26.5 Å². The van der Waals surface area contributed by atoms with E-state index in [-0.39, 0.29) is 19.0 Å². The van der Waals surface area contributed by atoms with Crippen LogP contribution in [-0.2, 0) is 16.1 Å². The van der Waals surface area contributed by atoms with Crippen LogP contribution in [0, 0.1) is 5.82 Å². The highest BCUT2D eigenvalue weighted by molar-refractivity contribution is 9.10. The minimum atomic E-state index is -0.440. The number of amidine groups is 1. The molecule has 2 aromatic rings. The van der Waals surface area contributed by atoms with Crippen LogP contribution in [0.15, 0.2) is 68.7 Å². The summed E-state index contributed by atoms with van der Waals surface area (Å²) in [5, 5.41) is 2.71. The molecule has 1 atom stereocenters. The molecule has 6 nitrogen and oxygen atoms in total. The van der Waals surface area contributed by atoms with E-state index in [2.05, 4.69) is 20.9 Å². The number of allylic oxidation sites excluding steroid dienone is 1. The number of halogens is 2. The zero-order valence-electron chi connectivity index (χ0n) is 18.3. The van der Waals surface area contributed by atoms with Crippen molar-refractivity contribution in [3.05, 3.63) is 80.7 Å². The number of benzene rings is 2. The largest absolute Gasteiger partial charge is 0.493 e. The maximum atomic E-state index is 13.5. The zero-order valence-corrected chi connectivity index (χ0v) is 20.7. The van der Waals surface area contributed by atoms with E-state index in [0.717, 1.165) is 10.7 Å². The molecule has 0 bridgehead atoms. The van der Waals surface area contributed by atoms with E-state index in [1.54, 1.807) is 26.2 Å². The molecular weight excluding hydrogens is 511 g/mol. The van der Waals surface area contributed by atoms with Gasteiger partial charge in [-0.1, -0.05) is 23.9 Å². The minimum Gasteiger partial charge on any atom is -0.493 e. The summed E-state index contributed by atoms with van der Waals surface area (Å²) in [7, 11) is 1.55. The van der Waals surface area contributed by atoms with Crippen LogP contribution in [0.25, 0.3) is 0 Å². The minimum absolute atomic E-state index is 0.172. The van der Waals surface area contributed by atoms with Gasteiger partial charge in [-0.05, 0) is 70.6 Å². The molecule has 2 aromatic carbocycles. The molecule has 33 heavy (non-hydrogen) atoms. The number of ether oxygens (including phenoxy) is 3. The lowest BCUT2D eigenvalue weighted by Gasteiger charge is -2.33. The average molecular weight is 533 g/mol. The summed E-state index contributed by atoms with van der Waals surface area (Å²) in [6, 6.07) is 9.52. The summed E-state index contributed by atoms with van der Waals surface area (Å²) < 4.78 is 31.1. The van der Waals surface area contributed by atoms with Gasteiger partial charge in [0.15, 0.2) is 16.7 Å². The Balaban J connectivity index is 1.71. The van der Waals surface area contributed by atoms with Crippen molar-refractivity contribution in [2.75, 3.05) is 13.7 Å². The smallest absolute Gasteiger partial charge is 0.338 e. The molecule has 2 aliphatic heterocycles. The molecule has 0 aromatic heterocycles. The first-order chi connectivity index (χ1) is 15.9. The normalized spacial score (nSPS) is 17.1. The summed E-state index contributed by atoms with van der Waals surface area (Å²) in [4.78, 5) is 19.4. The molecule has 4 rings (SSSR count). The lowest BCUT2D eigenvalue weighted by molar-refractivity contribution is -0.139. The molecule has 9 heteroatoms. The van der Waals surface area contributed by atoms with Crippen LogP contribution in [0.4, 0.5) is 4.39 Å². The van der Waals surface area contributed by atoms with Crippen molar-refractivity contribution in [2.24, 2.45) is 4.99 Å². The number of aliphatic imine (C=N–C) groups is 1. The number of nitrogens with zero attached hydrogens (tertiary/aromatic N) is 2. The van der Waals surface area contributed by atoms with E-state index in [9.17, 15) is 9.18 Å². The maximum Gasteiger partial charge on any atom is 0.338 e. The van der Waals surface area contributed by atoms with Gasteiger partial charge in [0.25, 0.3) is 0 Å². The van der Waals surface area contributed by atoms with E-state index in [4.69, 9.17) is 14.2 Å². The summed E-state index contributed by atoms with van der Waals surface area (Å²) in [5.41, 5.74) is 2.58. The Labute approximate surface area is 204 Å². The van der Waals surface area contributed by atoms with E-state index >= 15 is 0 Å². The van der Waals surface area contributed by atoms with Gasteiger partial charge < -0.3 is 19.1 Å². The monoisotopic (exact) mass is 532 g/mol. The van der Waals surface area contributed by atoms with E-state index in [1.165, 1.54) is 23.9 Å².